The molecule has 1 aliphatic heterocycles. The van der Waals surface area contributed by atoms with Crippen molar-refractivity contribution in [2.45, 2.75) is 45.0 Å². The van der Waals surface area contributed by atoms with Crippen LogP contribution in [-0.2, 0) is 29.0 Å². The van der Waals surface area contributed by atoms with Gasteiger partial charge in [-0.15, -0.1) is 0 Å². The molecule has 3 aromatic rings. The van der Waals surface area contributed by atoms with E-state index in [1.807, 2.05) is 24.3 Å². The molecule has 6 nitrogen and oxygen atoms in total. The molecule has 0 unspecified atom stereocenters. The second kappa shape index (κ2) is 6.95. The van der Waals surface area contributed by atoms with Crippen molar-refractivity contribution in [1.29, 1.82) is 0 Å². The first kappa shape index (κ1) is 17.8. The number of hydrogen-bond donors (Lipinski definition) is 0. The number of rotatable bonds is 3. The van der Waals surface area contributed by atoms with Crippen LogP contribution in [0.1, 0.15) is 30.0 Å². The van der Waals surface area contributed by atoms with Crippen LogP contribution in [-0.4, -0.2) is 18.2 Å². The molecular weight excluding hydrogens is 372 g/mol. The minimum Gasteiger partial charge on any atom is -0.482 e. The summed E-state index contributed by atoms with van der Waals surface area (Å²) in [4.78, 5) is 24.7. The molecule has 0 radical (unpaired) electrons. The van der Waals surface area contributed by atoms with Crippen LogP contribution in [0.5, 0.6) is 11.5 Å². The van der Waals surface area contributed by atoms with E-state index in [2.05, 4.69) is 0 Å². The van der Waals surface area contributed by atoms with Gasteiger partial charge in [-0.05, 0) is 61.6 Å². The molecule has 2 atom stereocenters. The van der Waals surface area contributed by atoms with Crippen LogP contribution in [0.25, 0.3) is 11.0 Å². The lowest BCUT2D eigenvalue weighted by molar-refractivity contribution is -0.159. The normalized spacial score (nSPS) is 19.8. The van der Waals surface area contributed by atoms with E-state index in [0.717, 1.165) is 24.6 Å². The largest absolute Gasteiger partial charge is 0.482 e. The summed E-state index contributed by atoms with van der Waals surface area (Å²) in [6.45, 7) is 1.73. The first-order valence-electron chi connectivity index (χ1n) is 9.76. The van der Waals surface area contributed by atoms with Crippen molar-refractivity contribution in [1.82, 2.24) is 0 Å². The third-order valence-electron chi connectivity index (χ3n) is 5.49. The summed E-state index contributed by atoms with van der Waals surface area (Å²) in [5, 5.41) is 0.803. The van der Waals surface area contributed by atoms with E-state index in [9.17, 15) is 9.59 Å². The average Bonchev–Trinajstić information content (AvgIpc) is 3.17. The first-order chi connectivity index (χ1) is 14.1. The van der Waals surface area contributed by atoms with E-state index in [1.54, 1.807) is 19.1 Å². The van der Waals surface area contributed by atoms with E-state index in [0.29, 0.717) is 22.6 Å². The van der Waals surface area contributed by atoms with Crippen molar-refractivity contribution in [3.63, 3.8) is 0 Å². The van der Waals surface area contributed by atoms with Crippen LogP contribution in [0.4, 0.5) is 0 Å². The van der Waals surface area contributed by atoms with E-state index in [4.69, 9.17) is 18.6 Å². The molecule has 2 heterocycles. The minimum atomic E-state index is -0.875. The highest BCUT2D eigenvalue weighted by molar-refractivity contribution is 5.83. The predicted molar refractivity (Wildman–Crippen MR) is 105 cm³/mol. The molecule has 148 valence electrons. The van der Waals surface area contributed by atoms with Gasteiger partial charge in [-0.2, -0.15) is 0 Å². The highest BCUT2D eigenvalue weighted by Gasteiger charge is 2.35. The van der Waals surface area contributed by atoms with Gasteiger partial charge in [-0.3, -0.25) is 0 Å². The maximum Gasteiger partial charge on any atom is 0.351 e. The fourth-order valence-electron chi connectivity index (χ4n) is 4.02. The second-order valence-electron chi connectivity index (χ2n) is 7.48. The van der Waals surface area contributed by atoms with Crippen LogP contribution < -0.4 is 15.1 Å². The molecule has 0 spiro atoms. The van der Waals surface area contributed by atoms with Crippen molar-refractivity contribution < 1.29 is 23.4 Å². The SMILES string of the molecule is C[C@H]1Oc2ccccc2O[C@@H]1C(=O)OCc1cc(=O)oc2cc3c(cc12)CCC3. The monoisotopic (exact) mass is 392 g/mol. The number of fused-ring (bicyclic) bond motifs is 3. The number of para-hydroxylation sites is 2. The smallest absolute Gasteiger partial charge is 0.351 e. The fraction of sp³-hybridized carbons (Fsp3) is 0.304. The standard InChI is InChI=1S/C23H20O6/c1-13-22(29-19-8-3-2-7-18(19)27-13)23(25)26-12-16-11-21(24)28-20-10-15-6-4-5-14(15)9-17(16)20/h2-3,7-11,13,22H,4-6,12H2,1H3/t13-,22+/m1/s1. The Bertz CT molecular complexity index is 1160. The lowest BCUT2D eigenvalue weighted by Crippen LogP contribution is -2.44. The molecule has 6 heteroatoms. The first-order valence-corrected chi connectivity index (χ1v) is 9.76. The zero-order valence-electron chi connectivity index (χ0n) is 16.0. The van der Waals surface area contributed by atoms with Crippen LogP contribution in [0, 0.1) is 0 Å². The van der Waals surface area contributed by atoms with Gasteiger partial charge in [-0.25, -0.2) is 9.59 Å². The Hall–Kier alpha value is -3.28. The summed E-state index contributed by atoms with van der Waals surface area (Å²) >= 11 is 0. The van der Waals surface area contributed by atoms with Gasteiger partial charge in [0.25, 0.3) is 0 Å². The van der Waals surface area contributed by atoms with Crippen LogP contribution in [0.3, 0.4) is 0 Å². The summed E-state index contributed by atoms with van der Waals surface area (Å²) in [5.74, 6) is 0.577. The molecule has 1 aromatic heterocycles. The topological polar surface area (TPSA) is 75.0 Å². The van der Waals surface area contributed by atoms with Crippen LogP contribution in [0.15, 0.2) is 51.7 Å². The van der Waals surface area contributed by atoms with Gasteiger partial charge in [0.1, 0.15) is 18.3 Å². The van der Waals surface area contributed by atoms with Crippen molar-refractivity contribution >= 4 is 16.9 Å². The number of aryl methyl sites for hydroxylation is 2. The summed E-state index contributed by atoms with van der Waals surface area (Å²) in [6, 6.07) is 12.6. The molecule has 0 saturated carbocycles. The molecule has 1 aliphatic carbocycles. The zero-order chi connectivity index (χ0) is 20.0. The summed E-state index contributed by atoms with van der Waals surface area (Å²) < 4.78 is 22.4. The van der Waals surface area contributed by atoms with Gasteiger partial charge < -0.3 is 18.6 Å². The minimum absolute atomic E-state index is 0.0338. The summed E-state index contributed by atoms with van der Waals surface area (Å²) in [7, 11) is 0. The maximum atomic E-state index is 12.7. The van der Waals surface area contributed by atoms with Crippen molar-refractivity contribution in [2.24, 2.45) is 0 Å². The predicted octanol–water partition coefficient (Wildman–Crippen LogP) is 3.55. The molecule has 0 amide bonds. The molecule has 5 rings (SSSR count). The van der Waals surface area contributed by atoms with E-state index >= 15 is 0 Å². The number of ether oxygens (including phenoxy) is 3. The molecule has 0 fully saturated rings. The van der Waals surface area contributed by atoms with Gasteiger partial charge in [0, 0.05) is 17.0 Å². The number of esters is 1. The maximum absolute atomic E-state index is 12.7. The Morgan fingerprint density at radius 1 is 1.07 bits per heavy atom. The number of carbonyl (C=O) groups excluding carboxylic acids is 1. The quantitative estimate of drug-likeness (QED) is 0.501. The summed E-state index contributed by atoms with van der Waals surface area (Å²) in [6.07, 6.45) is 1.73. The van der Waals surface area contributed by atoms with E-state index in [1.165, 1.54) is 17.2 Å². The average molecular weight is 392 g/mol. The van der Waals surface area contributed by atoms with E-state index in [-0.39, 0.29) is 6.61 Å². The molecule has 29 heavy (non-hydrogen) atoms. The molecule has 0 bridgehead atoms. The molecule has 2 aliphatic rings. The number of carbonyl (C=O) groups is 1. The number of hydrogen-bond acceptors (Lipinski definition) is 6. The van der Waals surface area contributed by atoms with Crippen LogP contribution >= 0.6 is 0 Å². The Morgan fingerprint density at radius 2 is 1.79 bits per heavy atom. The van der Waals surface area contributed by atoms with Gasteiger partial charge in [0.2, 0.25) is 6.10 Å². The molecular formula is C23H20O6. The third-order valence-corrected chi connectivity index (χ3v) is 5.49. The Balaban J connectivity index is 1.38. The number of benzene rings is 2. The molecule has 2 aromatic carbocycles. The van der Waals surface area contributed by atoms with Gasteiger partial charge in [0.15, 0.2) is 11.5 Å². The highest BCUT2D eigenvalue weighted by Crippen LogP contribution is 2.34. The molecule has 0 saturated heterocycles. The zero-order valence-corrected chi connectivity index (χ0v) is 16.0. The Labute approximate surface area is 167 Å². The third kappa shape index (κ3) is 3.24. The summed E-state index contributed by atoms with van der Waals surface area (Å²) in [5.41, 5.74) is 3.18. The van der Waals surface area contributed by atoms with Crippen molar-refractivity contribution in [3.05, 3.63) is 69.6 Å². The van der Waals surface area contributed by atoms with Crippen molar-refractivity contribution in [3.8, 4) is 11.5 Å². The fourth-order valence-corrected chi connectivity index (χ4v) is 4.02. The lowest BCUT2D eigenvalue weighted by atomic mass is 10.0. The lowest BCUT2D eigenvalue weighted by Gasteiger charge is -2.30. The Kier molecular flexibility index (Phi) is 4.27. The van der Waals surface area contributed by atoms with Crippen molar-refractivity contribution in [2.75, 3.05) is 0 Å². The molecule has 0 N–H and O–H groups in total. The van der Waals surface area contributed by atoms with Gasteiger partial charge in [0.05, 0.1) is 0 Å². The Morgan fingerprint density at radius 3 is 2.59 bits per heavy atom. The van der Waals surface area contributed by atoms with Gasteiger partial charge >= 0.3 is 11.6 Å². The highest BCUT2D eigenvalue weighted by atomic mass is 16.6. The van der Waals surface area contributed by atoms with E-state index < -0.39 is 23.8 Å². The van der Waals surface area contributed by atoms with Gasteiger partial charge in [-0.1, -0.05) is 12.1 Å². The van der Waals surface area contributed by atoms with Crippen LogP contribution in [0.2, 0.25) is 0 Å². The second-order valence-corrected chi connectivity index (χ2v) is 7.48.